The molecule has 0 saturated carbocycles. The smallest absolute Gasteiger partial charge is 0.188 e. The molecule has 102 valence electrons. The van der Waals surface area contributed by atoms with Gasteiger partial charge in [0.2, 0.25) is 0 Å². The maximum absolute atomic E-state index is 13.6. The first-order valence-corrected chi connectivity index (χ1v) is 6.79. The van der Waals surface area contributed by atoms with Crippen molar-refractivity contribution in [2.75, 3.05) is 7.11 Å². The average Bonchev–Trinajstić information content (AvgIpc) is 2.37. The van der Waals surface area contributed by atoms with E-state index in [0.717, 1.165) is 31.3 Å². The zero-order valence-corrected chi connectivity index (χ0v) is 11.2. The minimum atomic E-state index is -0.486. The van der Waals surface area contributed by atoms with Crippen LogP contribution in [-0.2, 0) is 0 Å². The number of hydrogen-bond acceptors (Lipinski definition) is 2. The van der Waals surface area contributed by atoms with Crippen LogP contribution in [0.2, 0.25) is 0 Å². The van der Waals surface area contributed by atoms with Crippen molar-refractivity contribution in [3.05, 3.63) is 41.2 Å². The number of hydrogen-bond donors (Lipinski definition) is 0. The van der Waals surface area contributed by atoms with Crippen molar-refractivity contribution in [3.63, 3.8) is 0 Å². The number of ketones is 1. The van der Waals surface area contributed by atoms with Gasteiger partial charge in [-0.25, -0.2) is 4.39 Å². The van der Waals surface area contributed by atoms with Crippen LogP contribution in [0.5, 0.6) is 5.75 Å². The average molecular weight is 262 g/mol. The second-order valence-corrected chi connectivity index (χ2v) is 4.86. The first-order chi connectivity index (χ1) is 9.22. The van der Waals surface area contributed by atoms with Crippen molar-refractivity contribution in [1.82, 2.24) is 0 Å². The Kier molecular flexibility index (Phi) is 4.72. The molecule has 0 spiro atoms. The molecule has 0 unspecified atom stereocenters. The number of halogens is 1. The summed E-state index contributed by atoms with van der Waals surface area (Å²) >= 11 is 0. The van der Waals surface area contributed by atoms with Crippen LogP contribution in [0.4, 0.5) is 4.39 Å². The molecule has 0 aliphatic heterocycles. The SMILES string of the molecule is COc1ccc(C(=O)/C2=C/CCCCCC2)cc1F. The number of benzene rings is 1. The van der Waals surface area contributed by atoms with Crippen molar-refractivity contribution < 1.29 is 13.9 Å². The molecule has 0 fully saturated rings. The Labute approximate surface area is 113 Å². The minimum Gasteiger partial charge on any atom is -0.494 e. The van der Waals surface area contributed by atoms with Gasteiger partial charge in [0.25, 0.3) is 0 Å². The summed E-state index contributed by atoms with van der Waals surface area (Å²) in [6.45, 7) is 0. The Morgan fingerprint density at radius 1 is 1.21 bits per heavy atom. The topological polar surface area (TPSA) is 26.3 Å². The predicted octanol–water partition coefficient (Wildman–Crippen LogP) is 4.30. The summed E-state index contributed by atoms with van der Waals surface area (Å²) in [6.07, 6.45) is 8.33. The molecule has 1 aromatic carbocycles. The molecule has 0 bridgehead atoms. The van der Waals surface area contributed by atoms with E-state index in [1.807, 2.05) is 6.08 Å². The molecular weight excluding hydrogens is 243 g/mol. The van der Waals surface area contributed by atoms with Crippen molar-refractivity contribution >= 4 is 5.78 Å². The monoisotopic (exact) mass is 262 g/mol. The van der Waals surface area contributed by atoms with Gasteiger partial charge in [-0.05, 0) is 49.5 Å². The molecule has 0 radical (unpaired) electrons. The highest BCUT2D eigenvalue weighted by atomic mass is 19.1. The summed E-state index contributed by atoms with van der Waals surface area (Å²) in [4.78, 5) is 12.3. The molecule has 19 heavy (non-hydrogen) atoms. The molecule has 2 nitrogen and oxygen atoms in total. The Bertz CT molecular complexity index is 492. The number of ether oxygens (including phenoxy) is 1. The number of carbonyl (C=O) groups excluding carboxylic acids is 1. The second-order valence-electron chi connectivity index (χ2n) is 4.86. The molecule has 0 amide bonds. The van der Waals surface area contributed by atoms with Gasteiger partial charge in [0.05, 0.1) is 7.11 Å². The molecule has 1 aliphatic carbocycles. The first-order valence-electron chi connectivity index (χ1n) is 6.79. The van der Waals surface area contributed by atoms with E-state index in [4.69, 9.17) is 4.74 Å². The highest BCUT2D eigenvalue weighted by Crippen LogP contribution is 2.23. The van der Waals surface area contributed by atoms with Crippen LogP contribution in [0.15, 0.2) is 29.8 Å². The van der Waals surface area contributed by atoms with E-state index in [1.54, 1.807) is 6.07 Å². The molecule has 0 atom stereocenters. The maximum atomic E-state index is 13.6. The van der Waals surface area contributed by atoms with E-state index in [9.17, 15) is 9.18 Å². The molecular formula is C16H19FO2. The summed E-state index contributed by atoms with van der Waals surface area (Å²) in [5.74, 6) is -0.369. The van der Waals surface area contributed by atoms with Crippen molar-refractivity contribution in [2.45, 2.75) is 38.5 Å². The Morgan fingerprint density at radius 2 is 2.00 bits per heavy atom. The lowest BCUT2D eigenvalue weighted by Crippen LogP contribution is -2.06. The van der Waals surface area contributed by atoms with Crippen LogP contribution in [0.25, 0.3) is 0 Å². The molecule has 0 N–H and O–H groups in total. The third-order valence-corrected chi connectivity index (χ3v) is 3.50. The minimum absolute atomic E-state index is 0.0524. The lowest BCUT2D eigenvalue weighted by atomic mass is 9.94. The fraction of sp³-hybridized carbons (Fsp3) is 0.438. The molecule has 0 heterocycles. The van der Waals surface area contributed by atoms with Crippen molar-refractivity contribution in [1.29, 1.82) is 0 Å². The van der Waals surface area contributed by atoms with Crippen LogP contribution >= 0.6 is 0 Å². The van der Waals surface area contributed by atoms with Gasteiger partial charge < -0.3 is 4.74 Å². The Hall–Kier alpha value is -1.64. The Balaban J connectivity index is 2.20. The van der Waals surface area contributed by atoms with Gasteiger partial charge in [0.15, 0.2) is 17.3 Å². The van der Waals surface area contributed by atoms with E-state index in [2.05, 4.69) is 0 Å². The number of methoxy groups -OCH3 is 1. The third-order valence-electron chi connectivity index (χ3n) is 3.50. The summed E-state index contributed by atoms with van der Waals surface area (Å²) in [5.41, 5.74) is 1.23. The van der Waals surface area contributed by atoms with Crippen molar-refractivity contribution in [3.8, 4) is 5.75 Å². The van der Waals surface area contributed by atoms with Gasteiger partial charge in [-0.1, -0.05) is 18.9 Å². The Morgan fingerprint density at radius 3 is 2.74 bits per heavy atom. The lowest BCUT2D eigenvalue weighted by molar-refractivity contribution is 0.102. The van der Waals surface area contributed by atoms with Crippen LogP contribution in [-0.4, -0.2) is 12.9 Å². The summed E-state index contributed by atoms with van der Waals surface area (Å²) in [5, 5.41) is 0. The van der Waals surface area contributed by atoms with E-state index in [-0.39, 0.29) is 11.5 Å². The van der Waals surface area contributed by atoms with Gasteiger partial charge in [-0.3, -0.25) is 4.79 Å². The molecule has 0 saturated heterocycles. The van der Waals surface area contributed by atoms with Crippen LogP contribution in [0.3, 0.4) is 0 Å². The third kappa shape index (κ3) is 3.43. The number of Topliss-reactive ketones (excluding diaryl/α,β-unsaturated/α-hetero) is 1. The molecule has 1 aliphatic rings. The molecule has 3 heteroatoms. The molecule has 0 aromatic heterocycles. The molecule has 2 rings (SSSR count). The normalized spacial score (nSPS) is 18.9. The highest BCUT2D eigenvalue weighted by molar-refractivity contribution is 6.08. The predicted molar refractivity (Wildman–Crippen MR) is 73.1 cm³/mol. The van der Waals surface area contributed by atoms with Crippen LogP contribution < -0.4 is 4.74 Å². The fourth-order valence-electron chi connectivity index (χ4n) is 2.39. The molecule has 1 aromatic rings. The number of carbonyl (C=O) groups is 1. The number of allylic oxidation sites excluding steroid dienone is 2. The van der Waals surface area contributed by atoms with E-state index < -0.39 is 5.82 Å². The van der Waals surface area contributed by atoms with E-state index in [1.165, 1.54) is 32.1 Å². The van der Waals surface area contributed by atoms with E-state index in [0.29, 0.717) is 5.56 Å². The summed E-state index contributed by atoms with van der Waals surface area (Å²) in [7, 11) is 1.41. The van der Waals surface area contributed by atoms with Gasteiger partial charge in [-0.15, -0.1) is 0 Å². The quantitative estimate of drug-likeness (QED) is 0.759. The zero-order chi connectivity index (χ0) is 13.7. The summed E-state index contributed by atoms with van der Waals surface area (Å²) in [6, 6.07) is 4.40. The van der Waals surface area contributed by atoms with Crippen LogP contribution in [0.1, 0.15) is 48.9 Å². The first kappa shape index (κ1) is 13.8. The largest absolute Gasteiger partial charge is 0.494 e. The standard InChI is InChI=1S/C16H19FO2/c1-19-15-10-9-13(11-14(15)17)16(18)12-7-5-3-2-4-6-8-12/h7,9-11H,2-6,8H2,1H3/b12-7+. The van der Waals surface area contributed by atoms with Crippen molar-refractivity contribution in [2.24, 2.45) is 0 Å². The second kappa shape index (κ2) is 6.50. The van der Waals surface area contributed by atoms with E-state index >= 15 is 0 Å². The maximum Gasteiger partial charge on any atom is 0.188 e. The van der Waals surface area contributed by atoms with Gasteiger partial charge in [-0.2, -0.15) is 0 Å². The lowest BCUT2D eigenvalue weighted by Gasteiger charge is -2.11. The summed E-state index contributed by atoms with van der Waals surface area (Å²) < 4.78 is 18.5. The van der Waals surface area contributed by atoms with Gasteiger partial charge >= 0.3 is 0 Å². The fourth-order valence-corrected chi connectivity index (χ4v) is 2.39. The zero-order valence-electron chi connectivity index (χ0n) is 11.2. The number of rotatable bonds is 3. The highest BCUT2D eigenvalue weighted by Gasteiger charge is 2.15. The van der Waals surface area contributed by atoms with Crippen LogP contribution in [0, 0.1) is 5.82 Å². The van der Waals surface area contributed by atoms with Gasteiger partial charge in [0.1, 0.15) is 0 Å². The van der Waals surface area contributed by atoms with Gasteiger partial charge in [0, 0.05) is 5.56 Å².